The molecule has 2 aliphatic rings. The largest absolute Gasteiger partial charge is 0.469 e. The van der Waals surface area contributed by atoms with Gasteiger partial charge < -0.3 is 10.1 Å². The molecule has 0 saturated carbocycles. The van der Waals surface area contributed by atoms with Gasteiger partial charge in [-0.1, -0.05) is 91.0 Å². The van der Waals surface area contributed by atoms with Crippen LogP contribution in [0.4, 0.5) is 0 Å². The molecule has 2 amide bonds. The Morgan fingerprint density at radius 3 is 2.12 bits per heavy atom. The van der Waals surface area contributed by atoms with Crippen LogP contribution in [0.2, 0.25) is 0 Å². The predicted molar refractivity (Wildman–Crippen MR) is 163 cm³/mol. The summed E-state index contributed by atoms with van der Waals surface area (Å²) in [7, 11) is 0. The van der Waals surface area contributed by atoms with Crippen LogP contribution >= 0.6 is 24.0 Å². The van der Waals surface area contributed by atoms with Crippen molar-refractivity contribution in [1.82, 2.24) is 20.2 Å². The molecule has 1 aromatic heterocycles. The Morgan fingerprint density at radius 2 is 1.51 bits per heavy atom. The standard InChI is InChI=1S/C32H26N4O3S2/c37-25(19-21-11-4-1-5-12-21)35-26-30(38)36-27(24(20-41-31(26)36)29-33-17-10-18-34-29)32(40)39-28(22-13-6-2-7-14-22)23-15-8-3-9-16-23/h1-18,26,28,31H,19-20H2,(H,35,37)/t26-,31-/m1/s1. The van der Waals surface area contributed by atoms with Crippen molar-refractivity contribution in [2.24, 2.45) is 0 Å². The van der Waals surface area contributed by atoms with E-state index in [0.29, 0.717) is 17.3 Å². The molecule has 0 unspecified atom stereocenters. The number of β-lactam (4-membered cyclic amide) rings is 1. The van der Waals surface area contributed by atoms with Gasteiger partial charge in [0.15, 0.2) is 5.82 Å². The minimum absolute atomic E-state index is 0.179. The van der Waals surface area contributed by atoms with Gasteiger partial charge >= 0.3 is 0 Å². The number of nitrogens with zero attached hydrogens (tertiary/aromatic N) is 3. The van der Waals surface area contributed by atoms with E-state index >= 15 is 0 Å². The highest BCUT2D eigenvalue weighted by Gasteiger charge is 2.54. The number of carbonyl (C=O) groups is 2. The van der Waals surface area contributed by atoms with Gasteiger partial charge in [-0.2, -0.15) is 0 Å². The molecule has 0 bridgehead atoms. The van der Waals surface area contributed by atoms with Gasteiger partial charge in [-0.05, 0) is 35.0 Å². The van der Waals surface area contributed by atoms with Crippen LogP contribution in [-0.2, 0) is 20.7 Å². The number of nitrogens with one attached hydrogen (secondary N) is 1. The highest BCUT2D eigenvalue weighted by molar-refractivity contribution is 8.00. The van der Waals surface area contributed by atoms with Crippen molar-refractivity contribution in [3.8, 4) is 0 Å². The minimum atomic E-state index is -0.661. The highest BCUT2D eigenvalue weighted by Crippen LogP contribution is 2.44. The normalized spacial score (nSPS) is 18.0. The fourth-order valence-electron chi connectivity index (χ4n) is 4.99. The Balaban J connectivity index is 1.30. The Hall–Kier alpha value is -4.34. The maximum Gasteiger partial charge on any atom is 0.253 e. The first-order valence-corrected chi connectivity index (χ1v) is 14.7. The van der Waals surface area contributed by atoms with Crippen molar-refractivity contribution < 1.29 is 14.3 Å². The van der Waals surface area contributed by atoms with Crippen LogP contribution in [0, 0.1) is 0 Å². The molecule has 1 N–H and O–H groups in total. The lowest BCUT2D eigenvalue weighted by atomic mass is 10.0. The zero-order valence-corrected chi connectivity index (χ0v) is 23.6. The second-order valence-corrected chi connectivity index (χ2v) is 11.1. The Labute approximate surface area is 247 Å². The summed E-state index contributed by atoms with van der Waals surface area (Å²) < 4.78 is 6.54. The zero-order valence-electron chi connectivity index (χ0n) is 21.9. The fraction of sp³-hybridized carbons (Fsp3) is 0.156. The minimum Gasteiger partial charge on any atom is -0.469 e. The average molecular weight is 579 g/mol. The summed E-state index contributed by atoms with van der Waals surface area (Å²) >= 11 is 7.48. The third-order valence-corrected chi connectivity index (χ3v) is 8.52. The summed E-state index contributed by atoms with van der Waals surface area (Å²) in [5, 5.41) is 2.79. The van der Waals surface area contributed by atoms with Crippen molar-refractivity contribution in [3.05, 3.63) is 138 Å². The van der Waals surface area contributed by atoms with E-state index < -0.39 is 12.1 Å². The van der Waals surface area contributed by atoms with Gasteiger partial charge in [0.25, 0.3) is 5.91 Å². The summed E-state index contributed by atoms with van der Waals surface area (Å²) in [6, 6.07) is 30.2. The van der Waals surface area contributed by atoms with Crippen LogP contribution in [0.3, 0.4) is 0 Å². The Morgan fingerprint density at radius 1 is 0.927 bits per heavy atom. The lowest BCUT2D eigenvalue weighted by Gasteiger charge is -2.50. The van der Waals surface area contributed by atoms with Crippen molar-refractivity contribution in [2.45, 2.75) is 23.9 Å². The van der Waals surface area contributed by atoms with Crippen LogP contribution in [0.25, 0.3) is 5.57 Å². The number of amides is 2. The number of hydrogen-bond acceptors (Lipinski definition) is 7. The molecular weight excluding hydrogens is 553 g/mol. The number of rotatable bonds is 8. The molecule has 0 radical (unpaired) electrons. The summed E-state index contributed by atoms with van der Waals surface area (Å²) in [6.45, 7) is 0. The monoisotopic (exact) mass is 578 g/mol. The van der Waals surface area contributed by atoms with E-state index in [1.54, 1.807) is 35.1 Å². The summed E-state index contributed by atoms with van der Waals surface area (Å²) in [5.74, 6) is 0.544. The van der Waals surface area contributed by atoms with Crippen LogP contribution in [0.15, 0.2) is 115 Å². The molecule has 3 aromatic carbocycles. The van der Waals surface area contributed by atoms with Crippen LogP contribution in [0.1, 0.15) is 28.6 Å². The molecule has 41 heavy (non-hydrogen) atoms. The van der Waals surface area contributed by atoms with E-state index in [4.69, 9.17) is 17.0 Å². The molecule has 1 fully saturated rings. The molecular formula is C32H26N4O3S2. The van der Waals surface area contributed by atoms with Crippen molar-refractivity contribution >= 4 is 46.4 Å². The molecule has 0 spiro atoms. The van der Waals surface area contributed by atoms with Crippen molar-refractivity contribution in [2.75, 3.05) is 5.75 Å². The van der Waals surface area contributed by atoms with Crippen LogP contribution < -0.4 is 5.32 Å². The number of thioether (sulfide) groups is 1. The predicted octanol–water partition coefficient (Wildman–Crippen LogP) is 4.96. The third-order valence-electron chi connectivity index (χ3n) is 6.95. The topological polar surface area (TPSA) is 84.4 Å². The second kappa shape index (κ2) is 12.0. The maximum absolute atomic E-state index is 13.6. The van der Waals surface area contributed by atoms with Gasteiger partial charge in [0.05, 0.1) is 6.42 Å². The summed E-state index contributed by atoms with van der Waals surface area (Å²) in [6.07, 6.45) is 3.04. The van der Waals surface area contributed by atoms with Crippen LogP contribution in [0.5, 0.6) is 0 Å². The lowest BCUT2D eigenvalue weighted by Crippen LogP contribution is -2.70. The molecule has 204 valence electrons. The van der Waals surface area contributed by atoms with E-state index in [-0.39, 0.29) is 28.7 Å². The first kappa shape index (κ1) is 26.9. The average Bonchev–Trinajstić information content (AvgIpc) is 3.03. The van der Waals surface area contributed by atoms with Crippen molar-refractivity contribution in [3.63, 3.8) is 0 Å². The van der Waals surface area contributed by atoms with Gasteiger partial charge in [-0.25, -0.2) is 9.97 Å². The molecule has 0 aliphatic carbocycles. The molecule has 3 heterocycles. The number of benzene rings is 3. The number of aromatic nitrogens is 2. The van der Waals surface area contributed by atoms with E-state index in [9.17, 15) is 9.59 Å². The third kappa shape index (κ3) is 5.64. The molecule has 7 nitrogen and oxygen atoms in total. The fourth-order valence-corrected chi connectivity index (χ4v) is 6.64. The molecule has 9 heteroatoms. The summed E-state index contributed by atoms with van der Waals surface area (Å²) in [4.78, 5) is 37.0. The van der Waals surface area contributed by atoms with Gasteiger partial charge in [0.1, 0.15) is 23.2 Å². The number of carbonyl (C=O) groups excluding carboxylic acids is 2. The maximum atomic E-state index is 13.6. The lowest BCUT2D eigenvalue weighted by molar-refractivity contribution is -0.145. The first-order valence-electron chi connectivity index (χ1n) is 13.2. The Kier molecular flexibility index (Phi) is 7.89. The van der Waals surface area contributed by atoms with Crippen molar-refractivity contribution in [1.29, 1.82) is 0 Å². The number of ether oxygens (including phenoxy) is 1. The zero-order chi connectivity index (χ0) is 28.2. The van der Waals surface area contributed by atoms with E-state index in [1.165, 1.54) is 0 Å². The van der Waals surface area contributed by atoms with Gasteiger partial charge in [0, 0.05) is 23.7 Å². The van der Waals surface area contributed by atoms with Gasteiger partial charge in [0.2, 0.25) is 11.0 Å². The number of fused-ring (bicyclic) bond motifs is 1. The molecule has 6 rings (SSSR count). The van der Waals surface area contributed by atoms with E-state index in [1.807, 2.05) is 91.0 Å². The number of thiocarbonyl (C=S) groups is 1. The first-order chi connectivity index (χ1) is 20.1. The Bertz CT molecular complexity index is 1550. The van der Waals surface area contributed by atoms with Crippen LogP contribution in [-0.4, -0.2) is 48.9 Å². The number of hydrogen-bond donors (Lipinski definition) is 1. The highest BCUT2D eigenvalue weighted by atomic mass is 32.2. The molecule has 2 atom stereocenters. The smallest absolute Gasteiger partial charge is 0.253 e. The molecule has 1 saturated heterocycles. The van der Waals surface area contributed by atoms with Gasteiger partial charge in [-0.15, -0.1) is 11.8 Å². The summed E-state index contributed by atoms with van der Waals surface area (Å²) in [5.41, 5.74) is 3.95. The van der Waals surface area contributed by atoms with E-state index in [0.717, 1.165) is 22.3 Å². The molecule has 4 aromatic rings. The quantitative estimate of drug-likeness (QED) is 0.234. The second-order valence-electron chi connectivity index (χ2n) is 9.62. The van der Waals surface area contributed by atoms with E-state index in [2.05, 4.69) is 15.3 Å². The van der Waals surface area contributed by atoms with Gasteiger partial charge in [-0.3, -0.25) is 14.5 Å². The molecule has 2 aliphatic heterocycles. The SMILES string of the molecule is O=C(Cc1ccccc1)N[C@@H]1C(=O)N2C(C(=S)OC(c3ccccc3)c3ccccc3)=C(c3ncccn3)CS[C@H]12.